The van der Waals surface area contributed by atoms with Crippen molar-refractivity contribution in [1.82, 2.24) is 4.98 Å². The average molecular weight is 355 g/mol. The number of rotatable bonds is 5. The van der Waals surface area contributed by atoms with Crippen molar-refractivity contribution in [1.29, 1.82) is 0 Å². The Bertz CT molecular complexity index is 525. The number of aromatic nitrogens is 1. The summed E-state index contributed by atoms with van der Waals surface area (Å²) in [5, 5.41) is 1.10. The first kappa shape index (κ1) is 13.6. The molecule has 0 radical (unpaired) electrons. The first-order chi connectivity index (χ1) is 8.66. The van der Waals surface area contributed by atoms with E-state index in [9.17, 15) is 0 Å². The van der Waals surface area contributed by atoms with E-state index in [2.05, 4.69) is 59.6 Å². The largest absolute Gasteiger partial charge is 0.493 e. The molecule has 0 bridgehead atoms. The molecule has 96 valence electrons. The molecule has 1 heterocycles. The van der Waals surface area contributed by atoms with Gasteiger partial charge in [0.25, 0.3) is 0 Å². The van der Waals surface area contributed by atoms with Crippen LogP contribution in [0.3, 0.4) is 0 Å². The predicted molar refractivity (Wildman–Crippen MR) is 84.0 cm³/mol. The fourth-order valence-corrected chi connectivity index (χ4v) is 2.37. The molecule has 0 fully saturated rings. The smallest absolute Gasteiger partial charge is 0.130 e. The lowest BCUT2D eigenvalue weighted by Gasteiger charge is -2.10. The van der Waals surface area contributed by atoms with Crippen molar-refractivity contribution in [2.45, 2.75) is 26.7 Å². The number of benzene rings is 1. The van der Waals surface area contributed by atoms with Crippen LogP contribution in [0.1, 0.15) is 26.7 Å². The summed E-state index contributed by atoms with van der Waals surface area (Å²) in [6.07, 6.45) is 4.13. The second-order valence-corrected chi connectivity index (χ2v) is 6.10. The van der Waals surface area contributed by atoms with Gasteiger partial charge in [-0.05, 0) is 65.6 Å². The molecule has 18 heavy (non-hydrogen) atoms. The predicted octanol–water partition coefficient (Wildman–Crippen LogP) is 4.65. The van der Waals surface area contributed by atoms with E-state index in [0.29, 0.717) is 0 Å². The zero-order valence-corrected chi connectivity index (χ0v) is 13.0. The van der Waals surface area contributed by atoms with Crippen LogP contribution in [0.2, 0.25) is 0 Å². The lowest BCUT2D eigenvalue weighted by Crippen LogP contribution is -2.00. The Morgan fingerprint density at radius 3 is 2.89 bits per heavy atom. The van der Waals surface area contributed by atoms with Crippen molar-refractivity contribution in [3.05, 3.63) is 34.0 Å². The van der Waals surface area contributed by atoms with Crippen LogP contribution < -0.4 is 4.74 Å². The number of hydrogen-bond donors (Lipinski definition) is 0. The first-order valence-corrected chi connectivity index (χ1v) is 7.42. The van der Waals surface area contributed by atoms with Crippen LogP contribution in [0.25, 0.3) is 10.9 Å². The molecule has 1 aromatic carbocycles. The van der Waals surface area contributed by atoms with Crippen LogP contribution in [0.5, 0.6) is 5.75 Å². The zero-order chi connectivity index (χ0) is 13.0. The van der Waals surface area contributed by atoms with E-state index in [1.165, 1.54) is 9.99 Å². The Morgan fingerprint density at radius 2 is 2.11 bits per heavy atom. The van der Waals surface area contributed by atoms with Gasteiger partial charge in [0.1, 0.15) is 5.75 Å². The monoisotopic (exact) mass is 355 g/mol. The topological polar surface area (TPSA) is 22.1 Å². The molecule has 3 heteroatoms. The van der Waals surface area contributed by atoms with Gasteiger partial charge in [0.2, 0.25) is 0 Å². The third-order valence-corrected chi connectivity index (χ3v) is 3.52. The molecule has 2 rings (SSSR count). The van der Waals surface area contributed by atoms with E-state index in [4.69, 9.17) is 4.74 Å². The van der Waals surface area contributed by atoms with E-state index in [-0.39, 0.29) is 0 Å². The molecule has 0 N–H and O–H groups in total. The van der Waals surface area contributed by atoms with Gasteiger partial charge in [-0.15, -0.1) is 0 Å². The minimum absolute atomic E-state index is 0.740. The van der Waals surface area contributed by atoms with Gasteiger partial charge >= 0.3 is 0 Å². The SMILES string of the molecule is CC(C)CCCOc1ccnc2cc(I)ccc12. The number of pyridine rings is 1. The van der Waals surface area contributed by atoms with E-state index >= 15 is 0 Å². The minimum atomic E-state index is 0.740. The highest BCUT2D eigenvalue weighted by molar-refractivity contribution is 14.1. The maximum absolute atomic E-state index is 5.87. The van der Waals surface area contributed by atoms with Gasteiger partial charge in [-0.1, -0.05) is 13.8 Å². The van der Waals surface area contributed by atoms with E-state index in [1.54, 1.807) is 0 Å². The average Bonchev–Trinajstić information content (AvgIpc) is 2.34. The van der Waals surface area contributed by atoms with Crippen molar-refractivity contribution >= 4 is 33.5 Å². The molecule has 2 aromatic rings. The van der Waals surface area contributed by atoms with Crippen molar-refractivity contribution in [3.63, 3.8) is 0 Å². The second-order valence-electron chi connectivity index (χ2n) is 4.86. The van der Waals surface area contributed by atoms with Crippen LogP contribution >= 0.6 is 22.6 Å². The molecule has 0 saturated heterocycles. The summed E-state index contributed by atoms with van der Waals surface area (Å²) in [7, 11) is 0. The van der Waals surface area contributed by atoms with E-state index in [0.717, 1.165) is 35.6 Å². The molecule has 0 aliphatic rings. The van der Waals surface area contributed by atoms with Crippen molar-refractivity contribution in [3.8, 4) is 5.75 Å². The Morgan fingerprint density at radius 1 is 1.28 bits per heavy atom. The van der Waals surface area contributed by atoms with E-state index in [1.807, 2.05) is 12.3 Å². The van der Waals surface area contributed by atoms with Crippen LogP contribution in [-0.2, 0) is 0 Å². The second kappa shape index (κ2) is 6.36. The molecular weight excluding hydrogens is 337 g/mol. The Kier molecular flexibility index (Phi) is 4.80. The normalized spacial score (nSPS) is 11.1. The highest BCUT2D eigenvalue weighted by Gasteiger charge is 2.03. The van der Waals surface area contributed by atoms with Crippen LogP contribution in [0.4, 0.5) is 0 Å². The maximum atomic E-state index is 5.87. The summed E-state index contributed by atoms with van der Waals surface area (Å²) < 4.78 is 7.07. The van der Waals surface area contributed by atoms with Gasteiger partial charge in [0, 0.05) is 15.2 Å². The van der Waals surface area contributed by atoms with E-state index < -0.39 is 0 Å². The molecule has 0 atom stereocenters. The van der Waals surface area contributed by atoms with Gasteiger partial charge in [0.05, 0.1) is 12.1 Å². The fourth-order valence-electron chi connectivity index (χ4n) is 1.89. The number of ether oxygens (including phenoxy) is 1. The summed E-state index contributed by atoms with van der Waals surface area (Å²) in [5.74, 6) is 1.68. The minimum Gasteiger partial charge on any atom is -0.493 e. The van der Waals surface area contributed by atoms with Gasteiger partial charge in [-0.2, -0.15) is 0 Å². The lowest BCUT2D eigenvalue weighted by atomic mass is 10.1. The van der Waals surface area contributed by atoms with Gasteiger partial charge < -0.3 is 4.74 Å². The molecule has 0 spiro atoms. The molecule has 1 aromatic heterocycles. The van der Waals surface area contributed by atoms with Gasteiger partial charge in [0.15, 0.2) is 0 Å². The molecule has 2 nitrogen and oxygen atoms in total. The third-order valence-electron chi connectivity index (χ3n) is 2.85. The van der Waals surface area contributed by atoms with Crippen LogP contribution in [0.15, 0.2) is 30.5 Å². The highest BCUT2D eigenvalue weighted by Crippen LogP contribution is 2.25. The fraction of sp³-hybridized carbons (Fsp3) is 0.400. The molecule has 0 aliphatic heterocycles. The highest BCUT2D eigenvalue weighted by atomic mass is 127. The standard InChI is InChI=1S/C15H18INO/c1-11(2)4-3-9-18-15-7-8-17-14-10-12(16)5-6-13(14)15/h5-8,10-11H,3-4,9H2,1-2H3. The molecule has 0 unspecified atom stereocenters. The first-order valence-electron chi connectivity index (χ1n) is 6.34. The van der Waals surface area contributed by atoms with Gasteiger partial charge in [-0.25, -0.2) is 0 Å². The third kappa shape index (κ3) is 3.57. The summed E-state index contributed by atoms with van der Waals surface area (Å²) in [6.45, 7) is 5.26. The molecule has 0 amide bonds. The Labute approximate surface area is 122 Å². The quantitative estimate of drug-likeness (QED) is 0.575. The van der Waals surface area contributed by atoms with Crippen LogP contribution in [0, 0.1) is 9.49 Å². The van der Waals surface area contributed by atoms with Crippen molar-refractivity contribution < 1.29 is 4.74 Å². The Hall–Kier alpha value is -0.840. The number of nitrogens with zero attached hydrogens (tertiary/aromatic N) is 1. The number of halogens is 1. The summed E-state index contributed by atoms with van der Waals surface area (Å²) >= 11 is 2.30. The van der Waals surface area contributed by atoms with Crippen molar-refractivity contribution in [2.75, 3.05) is 6.61 Å². The lowest BCUT2D eigenvalue weighted by molar-refractivity contribution is 0.301. The summed E-state index contributed by atoms with van der Waals surface area (Å²) in [6, 6.07) is 8.20. The molecule has 0 saturated carbocycles. The van der Waals surface area contributed by atoms with Crippen LogP contribution in [-0.4, -0.2) is 11.6 Å². The van der Waals surface area contributed by atoms with Crippen molar-refractivity contribution in [2.24, 2.45) is 5.92 Å². The zero-order valence-electron chi connectivity index (χ0n) is 10.8. The van der Waals surface area contributed by atoms with Gasteiger partial charge in [-0.3, -0.25) is 4.98 Å². The number of fused-ring (bicyclic) bond motifs is 1. The maximum Gasteiger partial charge on any atom is 0.130 e. The molecular formula is C15H18INO. The molecule has 0 aliphatic carbocycles. The Balaban J connectivity index is 2.08. The summed E-state index contributed by atoms with van der Waals surface area (Å²) in [5.41, 5.74) is 1.00. The number of hydrogen-bond acceptors (Lipinski definition) is 2. The summed E-state index contributed by atoms with van der Waals surface area (Å²) in [4.78, 5) is 4.37.